The summed E-state index contributed by atoms with van der Waals surface area (Å²) in [4.78, 5) is 26.1. The van der Waals surface area contributed by atoms with Crippen molar-refractivity contribution in [2.24, 2.45) is 0 Å². The second kappa shape index (κ2) is 8.45. The predicted octanol–water partition coefficient (Wildman–Crippen LogP) is 3.87. The van der Waals surface area contributed by atoms with E-state index in [-0.39, 0.29) is 4.90 Å². The molecule has 0 saturated carbocycles. The molecule has 4 aromatic rings. The molecule has 1 aliphatic rings. The van der Waals surface area contributed by atoms with Gasteiger partial charge < -0.3 is 19.7 Å². The molecule has 1 atom stereocenters. The maximum atomic E-state index is 11.9. The average molecular weight is 479 g/mol. The number of rotatable bonds is 6. The third-order valence-electron chi connectivity index (χ3n) is 5.80. The lowest BCUT2D eigenvalue weighted by Gasteiger charge is -2.26. The second-order valence-corrected chi connectivity index (χ2v) is 10.2. The molecule has 0 amide bonds. The molecule has 1 saturated heterocycles. The lowest BCUT2D eigenvalue weighted by atomic mass is 10.2. The molecule has 0 unspecified atom stereocenters. The zero-order valence-electron chi connectivity index (χ0n) is 18.3. The molecule has 1 fully saturated rings. The smallest absolute Gasteiger partial charge is 0.326 e. The van der Waals surface area contributed by atoms with Crippen LogP contribution < -0.4 is 9.64 Å². The first kappa shape index (κ1) is 21.9. The highest BCUT2D eigenvalue weighted by molar-refractivity contribution is 7.90. The maximum Gasteiger partial charge on any atom is 0.326 e. The van der Waals surface area contributed by atoms with Crippen LogP contribution in [0.5, 0.6) is 11.5 Å². The van der Waals surface area contributed by atoms with Gasteiger partial charge in [-0.25, -0.2) is 18.2 Å². The average Bonchev–Trinajstić information content (AvgIpc) is 3.46. The van der Waals surface area contributed by atoms with Crippen molar-refractivity contribution in [1.29, 1.82) is 0 Å². The Bertz CT molecular complexity index is 1470. The quantitative estimate of drug-likeness (QED) is 0.428. The molecule has 1 aliphatic heterocycles. The third-order valence-corrected chi connectivity index (χ3v) is 6.93. The first-order chi connectivity index (χ1) is 16.3. The van der Waals surface area contributed by atoms with Gasteiger partial charge in [0.05, 0.1) is 21.6 Å². The number of fused-ring (bicyclic) bond motifs is 1. The van der Waals surface area contributed by atoms with E-state index in [0.29, 0.717) is 47.2 Å². The Balaban J connectivity index is 1.59. The zero-order valence-corrected chi connectivity index (χ0v) is 19.1. The second-order valence-electron chi connectivity index (χ2n) is 8.17. The van der Waals surface area contributed by atoms with Crippen molar-refractivity contribution in [2.45, 2.75) is 23.8 Å². The Morgan fingerprint density at radius 1 is 1.18 bits per heavy atom. The minimum absolute atomic E-state index is 0.188. The topological polar surface area (TPSA) is 125 Å². The van der Waals surface area contributed by atoms with E-state index in [9.17, 15) is 18.3 Å². The van der Waals surface area contributed by atoms with Crippen LogP contribution in [0.15, 0.2) is 65.7 Å². The SMILES string of the molecule is CS(=O)(=O)c1ccc(Oc2cc3nc(-c4ccccn4)[nH]c3cc2N2CCC[C@@H]2C(=O)O)cc1. The van der Waals surface area contributed by atoms with Crippen LogP contribution in [0.2, 0.25) is 0 Å². The van der Waals surface area contributed by atoms with Gasteiger partial charge in [-0.3, -0.25) is 4.98 Å². The number of ether oxygens (including phenoxy) is 1. The molecule has 2 N–H and O–H groups in total. The Kier molecular flexibility index (Phi) is 5.45. The number of sulfone groups is 1. The van der Waals surface area contributed by atoms with Gasteiger partial charge in [-0.15, -0.1) is 0 Å². The van der Waals surface area contributed by atoms with Crippen molar-refractivity contribution in [2.75, 3.05) is 17.7 Å². The van der Waals surface area contributed by atoms with Crippen molar-refractivity contribution in [1.82, 2.24) is 15.0 Å². The Hall–Kier alpha value is -3.92. The van der Waals surface area contributed by atoms with Gasteiger partial charge in [-0.1, -0.05) is 6.07 Å². The van der Waals surface area contributed by atoms with Gasteiger partial charge in [-0.2, -0.15) is 0 Å². The van der Waals surface area contributed by atoms with E-state index in [1.807, 2.05) is 29.2 Å². The Morgan fingerprint density at radius 2 is 1.97 bits per heavy atom. The number of benzene rings is 2. The molecule has 0 aliphatic carbocycles. The van der Waals surface area contributed by atoms with Crippen LogP contribution in [0.1, 0.15) is 12.8 Å². The van der Waals surface area contributed by atoms with Crippen LogP contribution in [-0.4, -0.2) is 53.3 Å². The molecule has 34 heavy (non-hydrogen) atoms. The monoisotopic (exact) mass is 478 g/mol. The molecular formula is C24H22N4O5S. The summed E-state index contributed by atoms with van der Waals surface area (Å²) in [5, 5.41) is 9.73. The number of nitrogens with zero attached hydrogens (tertiary/aromatic N) is 3. The molecule has 10 heteroatoms. The molecule has 0 spiro atoms. The van der Waals surface area contributed by atoms with Crippen LogP contribution >= 0.6 is 0 Å². The number of carboxylic acids is 1. The normalized spacial score (nSPS) is 16.1. The van der Waals surface area contributed by atoms with Gasteiger partial charge in [0.2, 0.25) is 0 Å². The van der Waals surface area contributed by atoms with E-state index >= 15 is 0 Å². The Morgan fingerprint density at radius 3 is 2.65 bits per heavy atom. The zero-order chi connectivity index (χ0) is 23.9. The number of hydrogen-bond acceptors (Lipinski definition) is 7. The first-order valence-corrected chi connectivity index (χ1v) is 12.6. The van der Waals surface area contributed by atoms with Crippen LogP contribution in [0.4, 0.5) is 5.69 Å². The first-order valence-electron chi connectivity index (χ1n) is 10.7. The minimum Gasteiger partial charge on any atom is -0.480 e. The highest BCUT2D eigenvalue weighted by atomic mass is 32.2. The molecule has 3 heterocycles. The van der Waals surface area contributed by atoms with Crippen LogP contribution in [-0.2, 0) is 14.6 Å². The number of imidazole rings is 1. The fourth-order valence-electron chi connectivity index (χ4n) is 4.15. The van der Waals surface area contributed by atoms with Crippen molar-refractivity contribution in [3.05, 3.63) is 60.8 Å². The minimum atomic E-state index is -3.33. The van der Waals surface area contributed by atoms with Gasteiger partial charge >= 0.3 is 5.97 Å². The number of pyridine rings is 1. The summed E-state index contributed by atoms with van der Waals surface area (Å²) in [6, 6.07) is 14.6. The molecule has 0 radical (unpaired) electrons. The molecule has 5 rings (SSSR count). The van der Waals surface area contributed by atoms with E-state index in [1.165, 1.54) is 12.1 Å². The molecule has 0 bridgehead atoms. The standard InChI is InChI=1S/C24H22N4O5S/c1-34(31,32)16-9-7-15(8-10-16)33-22-14-19-18(26-23(27-19)17-5-2-3-11-25-17)13-21(22)28-12-4-6-20(28)24(29)30/h2-3,5,7-11,13-14,20H,4,6,12H2,1H3,(H,26,27)(H,29,30)/t20-/m1/s1. The van der Waals surface area contributed by atoms with E-state index in [2.05, 4.69) is 15.0 Å². The fraction of sp³-hybridized carbons (Fsp3) is 0.208. The van der Waals surface area contributed by atoms with Crippen molar-refractivity contribution in [3.8, 4) is 23.0 Å². The van der Waals surface area contributed by atoms with Gasteiger partial charge in [0.1, 0.15) is 17.5 Å². The van der Waals surface area contributed by atoms with Crippen LogP contribution in [0.3, 0.4) is 0 Å². The highest BCUT2D eigenvalue weighted by Crippen LogP contribution is 2.39. The summed E-state index contributed by atoms with van der Waals surface area (Å²) in [6.07, 6.45) is 4.12. The number of anilines is 1. The molecule has 2 aromatic heterocycles. The molecule has 9 nitrogen and oxygen atoms in total. The predicted molar refractivity (Wildman–Crippen MR) is 127 cm³/mol. The van der Waals surface area contributed by atoms with E-state index in [0.717, 1.165) is 18.2 Å². The highest BCUT2D eigenvalue weighted by Gasteiger charge is 2.33. The number of nitrogens with one attached hydrogen (secondary N) is 1. The number of aromatic nitrogens is 3. The molecule has 2 aromatic carbocycles. The van der Waals surface area contributed by atoms with Crippen molar-refractivity contribution in [3.63, 3.8) is 0 Å². The molecule has 174 valence electrons. The lowest BCUT2D eigenvalue weighted by molar-refractivity contribution is -0.138. The number of hydrogen-bond donors (Lipinski definition) is 2. The summed E-state index contributed by atoms with van der Waals surface area (Å²) < 4.78 is 29.7. The van der Waals surface area contributed by atoms with Gasteiger partial charge in [0.25, 0.3) is 0 Å². The number of carbonyl (C=O) groups is 1. The van der Waals surface area contributed by atoms with Crippen LogP contribution in [0.25, 0.3) is 22.6 Å². The number of aliphatic carboxylic acids is 1. The van der Waals surface area contributed by atoms with E-state index in [4.69, 9.17) is 4.74 Å². The number of carboxylic acid groups (broad SMARTS) is 1. The van der Waals surface area contributed by atoms with Gasteiger partial charge in [0.15, 0.2) is 21.4 Å². The summed E-state index contributed by atoms with van der Waals surface area (Å²) in [6.45, 7) is 0.576. The third kappa shape index (κ3) is 4.19. The van der Waals surface area contributed by atoms with Gasteiger partial charge in [0, 0.05) is 25.1 Å². The van der Waals surface area contributed by atoms with Crippen molar-refractivity contribution >= 4 is 32.5 Å². The number of H-pyrrole nitrogens is 1. The summed E-state index contributed by atoms with van der Waals surface area (Å²) in [7, 11) is -3.33. The maximum absolute atomic E-state index is 11.9. The van der Waals surface area contributed by atoms with Crippen molar-refractivity contribution < 1.29 is 23.1 Å². The summed E-state index contributed by atoms with van der Waals surface area (Å²) >= 11 is 0. The summed E-state index contributed by atoms with van der Waals surface area (Å²) in [5.41, 5.74) is 2.68. The van der Waals surface area contributed by atoms with Gasteiger partial charge in [-0.05, 0) is 55.3 Å². The van der Waals surface area contributed by atoms with E-state index < -0.39 is 21.8 Å². The Labute approximate surface area is 196 Å². The van der Waals surface area contributed by atoms with E-state index in [1.54, 1.807) is 24.4 Å². The number of aromatic amines is 1. The largest absolute Gasteiger partial charge is 0.480 e. The summed E-state index contributed by atoms with van der Waals surface area (Å²) in [5.74, 6) is 0.568. The fourth-order valence-corrected chi connectivity index (χ4v) is 4.78. The van der Waals surface area contributed by atoms with Crippen LogP contribution in [0, 0.1) is 0 Å². The lowest BCUT2D eigenvalue weighted by Crippen LogP contribution is -2.36. The molecular weight excluding hydrogens is 456 g/mol.